The first kappa shape index (κ1) is 15.8. The number of carbonyl (C=O) groups excluding carboxylic acids is 1. The summed E-state index contributed by atoms with van der Waals surface area (Å²) in [6.07, 6.45) is 4.82. The van der Waals surface area contributed by atoms with Crippen molar-refractivity contribution in [2.75, 3.05) is 5.32 Å². The van der Waals surface area contributed by atoms with E-state index in [0.717, 1.165) is 18.4 Å². The van der Waals surface area contributed by atoms with Crippen LogP contribution >= 0.6 is 0 Å². The lowest BCUT2D eigenvalue weighted by atomic mass is 9.87. The SMILES string of the molecule is N#CC1(C(=O)Nc2cccc(C#Cc3ccccn3)c2)CCCC1. The Morgan fingerprint density at radius 3 is 2.67 bits per heavy atom. The van der Waals surface area contributed by atoms with Crippen molar-refractivity contribution in [3.8, 4) is 17.9 Å². The number of hydrogen-bond donors (Lipinski definition) is 1. The van der Waals surface area contributed by atoms with Crippen molar-refractivity contribution in [2.24, 2.45) is 5.41 Å². The van der Waals surface area contributed by atoms with Gasteiger partial charge in [0.1, 0.15) is 11.1 Å². The molecule has 1 N–H and O–H groups in total. The van der Waals surface area contributed by atoms with Crippen LogP contribution in [0.25, 0.3) is 0 Å². The Labute approximate surface area is 141 Å². The third-order valence-electron chi connectivity index (χ3n) is 4.23. The van der Waals surface area contributed by atoms with E-state index in [2.05, 4.69) is 28.2 Å². The molecule has 0 atom stereocenters. The van der Waals surface area contributed by atoms with Gasteiger partial charge in [0.05, 0.1) is 6.07 Å². The quantitative estimate of drug-likeness (QED) is 0.863. The maximum Gasteiger partial charge on any atom is 0.244 e. The lowest BCUT2D eigenvalue weighted by molar-refractivity contribution is -0.122. The van der Waals surface area contributed by atoms with Crippen molar-refractivity contribution in [3.05, 3.63) is 59.9 Å². The fourth-order valence-corrected chi connectivity index (χ4v) is 2.87. The van der Waals surface area contributed by atoms with Gasteiger partial charge >= 0.3 is 0 Å². The number of rotatable bonds is 2. The summed E-state index contributed by atoms with van der Waals surface area (Å²) in [5, 5.41) is 12.3. The molecule has 24 heavy (non-hydrogen) atoms. The van der Waals surface area contributed by atoms with Crippen molar-refractivity contribution < 1.29 is 4.79 Å². The number of anilines is 1. The zero-order valence-electron chi connectivity index (χ0n) is 13.2. The van der Waals surface area contributed by atoms with Crippen molar-refractivity contribution in [1.82, 2.24) is 4.98 Å². The smallest absolute Gasteiger partial charge is 0.244 e. The third-order valence-corrected chi connectivity index (χ3v) is 4.23. The molecule has 1 saturated carbocycles. The van der Waals surface area contributed by atoms with Crippen LogP contribution in [-0.2, 0) is 4.79 Å². The van der Waals surface area contributed by atoms with Gasteiger partial charge in [-0.3, -0.25) is 4.79 Å². The number of amides is 1. The number of nitriles is 1. The van der Waals surface area contributed by atoms with E-state index >= 15 is 0 Å². The average Bonchev–Trinajstić information content (AvgIpc) is 3.12. The summed E-state index contributed by atoms with van der Waals surface area (Å²) < 4.78 is 0. The summed E-state index contributed by atoms with van der Waals surface area (Å²) in [5.41, 5.74) is 1.27. The minimum absolute atomic E-state index is 0.211. The minimum Gasteiger partial charge on any atom is -0.325 e. The summed E-state index contributed by atoms with van der Waals surface area (Å²) in [5.74, 6) is 5.82. The predicted molar refractivity (Wildman–Crippen MR) is 91.8 cm³/mol. The Morgan fingerprint density at radius 2 is 1.96 bits per heavy atom. The highest BCUT2D eigenvalue weighted by atomic mass is 16.2. The molecular weight excluding hydrogens is 298 g/mol. The van der Waals surface area contributed by atoms with Crippen LogP contribution in [0, 0.1) is 28.6 Å². The molecule has 1 aliphatic rings. The van der Waals surface area contributed by atoms with Gasteiger partial charge in [0.15, 0.2) is 0 Å². The Morgan fingerprint density at radius 1 is 1.12 bits per heavy atom. The van der Waals surface area contributed by atoms with Crippen LogP contribution in [0.1, 0.15) is 36.9 Å². The van der Waals surface area contributed by atoms with Gasteiger partial charge < -0.3 is 5.32 Å². The first-order valence-corrected chi connectivity index (χ1v) is 7.98. The van der Waals surface area contributed by atoms with E-state index in [1.807, 2.05) is 42.5 Å². The second-order valence-corrected chi connectivity index (χ2v) is 5.90. The van der Waals surface area contributed by atoms with E-state index in [1.54, 1.807) is 6.20 Å². The van der Waals surface area contributed by atoms with E-state index in [1.165, 1.54) is 0 Å². The summed E-state index contributed by atoms with van der Waals surface area (Å²) in [6, 6.07) is 15.1. The molecule has 0 radical (unpaired) electrons. The lowest BCUT2D eigenvalue weighted by Crippen LogP contribution is -2.32. The highest BCUT2D eigenvalue weighted by Gasteiger charge is 2.41. The highest BCUT2D eigenvalue weighted by Crippen LogP contribution is 2.38. The number of carbonyl (C=O) groups is 1. The number of nitrogens with zero attached hydrogens (tertiary/aromatic N) is 2. The van der Waals surface area contributed by atoms with Gasteiger partial charge in [-0.25, -0.2) is 4.98 Å². The molecule has 1 heterocycles. The molecule has 0 bridgehead atoms. The van der Waals surface area contributed by atoms with Crippen LogP contribution in [0.3, 0.4) is 0 Å². The number of hydrogen-bond acceptors (Lipinski definition) is 3. The molecule has 1 amide bonds. The summed E-state index contributed by atoms with van der Waals surface area (Å²) in [4.78, 5) is 16.6. The second-order valence-electron chi connectivity index (χ2n) is 5.90. The summed E-state index contributed by atoms with van der Waals surface area (Å²) in [7, 11) is 0. The topological polar surface area (TPSA) is 65.8 Å². The molecule has 1 aromatic carbocycles. The molecule has 3 rings (SSSR count). The van der Waals surface area contributed by atoms with Crippen LogP contribution in [0.5, 0.6) is 0 Å². The zero-order chi connectivity index (χ0) is 16.8. The van der Waals surface area contributed by atoms with Crippen molar-refractivity contribution in [3.63, 3.8) is 0 Å². The minimum atomic E-state index is -0.879. The first-order valence-electron chi connectivity index (χ1n) is 7.98. The Kier molecular flexibility index (Phi) is 4.59. The molecule has 0 unspecified atom stereocenters. The van der Waals surface area contributed by atoms with Crippen LogP contribution in [-0.4, -0.2) is 10.9 Å². The molecule has 4 heteroatoms. The molecular formula is C20H17N3O. The Hall–Kier alpha value is -3.11. The van der Waals surface area contributed by atoms with E-state index in [9.17, 15) is 10.1 Å². The van der Waals surface area contributed by atoms with Gasteiger partial charge in [-0.05, 0) is 49.1 Å². The monoisotopic (exact) mass is 315 g/mol. The highest BCUT2D eigenvalue weighted by molar-refractivity contribution is 5.97. The van der Waals surface area contributed by atoms with E-state index in [0.29, 0.717) is 24.2 Å². The predicted octanol–water partition coefficient (Wildman–Crippen LogP) is 3.50. The maximum absolute atomic E-state index is 12.5. The standard InChI is InChI=1S/C20H17N3O/c21-15-20(11-2-3-12-20)19(24)23-18-8-5-6-16(14-18)9-10-17-7-1-4-13-22-17/h1,4-8,13-14H,2-3,11-12H2,(H,23,24). The van der Waals surface area contributed by atoms with Gasteiger partial charge in [-0.15, -0.1) is 0 Å². The molecule has 0 spiro atoms. The fraction of sp³-hybridized carbons (Fsp3) is 0.250. The number of pyridine rings is 1. The van der Waals surface area contributed by atoms with Crippen molar-refractivity contribution >= 4 is 11.6 Å². The van der Waals surface area contributed by atoms with E-state index in [4.69, 9.17) is 0 Å². The number of aromatic nitrogens is 1. The third kappa shape index (κ3) is 3.45. The van der Waals surface area contributed by atoms with Crippen LogP contribution < -0.4 is 5.32 Å². The Balaban J connectivity index is 1.76. The largest absolute Gasteiger partial charge is 0.325 e. The lowest BCUT2D eigenvalue weighted by Gasteiger charge is -2.19. The van der Waals surface area contributed by atoms with E-state index < -0.39 is 5.41 Å². The van der Waals surface area contributed by atoms with Gasteiger partial charge in [0.25, 0.3) is 0 Å². The molecule has 1 aromatic heterocycles. The first-order chi connectivity index (χ1) is 11.7. The molecule has 1 fully saturated rings. The molecule has 0 saturated heterocycles. The van der Waals surface area contributed by atoms with Crippen LogP contribution in [0.4, 0.5) is 5.69 Å². The number of benzene rings is 1. The molecule has 1 aliphatic carbocycles. The van der Waals surface area contributed by atoms with Crippen molar-refractivity contribution in [1.29, 1.82) is 5.26 Å². The normalized spacial score (nSPS) is 15.0. The summed E-state index contributed by atoms with van der Waals surface area (Å²) in [6.45, 7) is 0. The molecule has 2 aromatic rings. The average molecular weight is 315 g/mol. The molecule has 0 aliphatic heterocycles. The Bertz CT molecular complexity index is 834. The van der Waals surface area contributed by atoms with Gasteiger partial charge in [-0.2, -0.15) is 5.26 Å². The summed E-state index contributed by atoms with van der Waals surface area (Å²) >= 11 is 0. The zero-order valence-corrected chi connectivity index (χ0v) is 13.2. The molecule has 118 valence electrons. The van der Waals surface area contributed by atoms with Gasteiger partial charge in [0.2, 0.25) is 5.91 Å². The van der Waals surface area contributed by atoms with Crippen molar-refractivity contribution in [2.45, 2.75) is 25.7 Å². The fourth-order valence-electron chi connectivity index (χ4n) is 2.87. The maximum atomic E-state index is 12.5. The number of nitrogens with one attached hydrogen (secondary N) is 1. The van der Waals surface area contributed by atoms with Crippen LogP contribution in [0.2, 0.25) is 0 Å². The van der Waals surface area contributed by atoms with Gasteiger partial charge in [0, 0.05) is 17.4 Å². The molecule has 4 nitrogen and oxygen atoms in total. The van der Waals surface area contributed by atoms with E-state index in [-0.39, 0.29) is 5.91 Å². The van der Waals surface area contributed by atoms with Gasteiger partial charge in [-0.1, -0.05) is 30.9 Å². The second kappa shape index (κ2) is 6.98. The van der Waals surface area contributed by atoms with Crippen LogP contribution in [0.15, 0.2) is 48.7 Å².